The highest BCUT2D eigenvalue weighted by Crippen LogP contribution is 2.32. The number of methoxy groups -OCH3 is 2. The number of hydrogen-bond donors (Lipinski definition) is 1. The predicted octanol–water partition coefficient (Wildman–Crippen LogP) is 3.23. The number of carbonyl (C=O) groups excluding carboxylic acids is 1. The van der Waals surface area contributed by atoms with E-state index in [0.29, 0.717) is 17.1 Å². The Morgan fingerprint density at radius 3 is 2.27 bits per heavy atom. The second-order valence-electron chi connectivity index (χ2n) is 7.47. The van der Waals surface area contributed by atoms with Crippen molar-refractivity contribution in [3.63, 3.8) is 0 Å². The number of aryl methyl sites for hydroxylation is 2. The Morgan fingerprint density at radius 1 is 0.970 bits per heavy atom. The largest absolute Gasteiger partial charge is 0.493 e. The minimum absolute atomic E-state index is 0.0168. The number of rotatable bonds is 9. The number of hydrogen-bond acceptors (Lipinski definition) is 6. The molecule has 0 atom stereocenters. The maximum atomic E-state index is 13.7. The number of amides is 1. The Hall–Kier alpha value is -3.59. The van der Waals surface area contributed by atoms with Crippen LogP contribution in [0.4, 0.5) is 5.69 Å². The molecule has 0 aliphatic rings. The van der Waals surface area contributed by atoms with Gasteiger partial charge in [0.25, 0.3) is 10.0 Å². The number of ether oxygens (including phenoxy) is 2. The molecule has 9 heteroatoms. The Balaban J connectivity index is 1.96. The highest BCUT2D eigenvalue weighted by atomic mass is 32.2. The Morgan fingerprint density at radius 2 is 1.67 bits per heavy atom. The van der Waals surface area contributed by atoms with E-state index in [4.69, 9.17) is 9.47 Å². The van der Waals surface area contributed by atoms with Crippen LogP contribution in [-0.2, 0) is 21.4 Å². The first kappa shape index (κ1) is 24.1. The van der Waals surface area contributed by atoms with Gasteiger partial charge in [-0.1, -0.05) is 12.1 Å². The summed E-state index contributed by atoms with van der Waals surface area (Å²) in [6, 6.07) is 15.1. The average molecular weight is 470 g/mol. The van der Waals surface area contributed by atoms with Gasteiger partial charge < -0.3 is 14.8 Å². The molecule has 174 valence electrons. The highest BCUT2D eigenvalue weighted by Gasteiger charge is 2.28. The van der Waals surface area contributed by atoms with Crippen LogP contribution in [0, 0.1) is 13.8 Å². The van der Waals surface area contributed by atoms with Crippen molar-refractivity contribution in [2.45, 2.75) is 25.3 Å². The number of anilines is 1. The van der Waals surface area contributed by atoms with E-state index in [1.54, 1.807) is 30.5 Å². The quantitative estimate of drug-likeness (QED) is 0.517. The molecule has 0 spiro atoms. The Kier molecular flexibility index (Phi) is 7.55. The van der Waals surface area contributed by atoms with Gasteiger partial charge in [0.2, 0.25) is 5.91 Å². The van der Waals surface area contributed by atoms with Crippen LogP contribution in [0.5, 0.6) is 11.5 Å². The third-order valence-corrected chi connectivity index (χ3v) is 6.69. The summed E-state index contributed by atoms with van der Waals surface area (Å²) in [6.45, 7) is 3.54. The monoisotopic (exact) mass is 469 g/mol. The van der Waals surface area contributed by atoms with E-state index in [1.165, 1.54) is 32.4 Å². The normalized spacial score (nSPS) is 11.0. The van der Waals surface area contributed by atoms with E-state index >= 15 is 0 Å². The smallest absolute Gasteiger partial charge is 0.264 e. The van der Waals surface area contributed by atoms with Gasteiger partial charge in [-0.25, -0.2) is 8.42 Å². The van der Waals surface area contributed by atoms with Crippen molar-refractivity contribution >= 4 is 21.6 Å². The van der Waals surface area contributed by atoms with Gasteiger partial charge in [-0.3, -0.25) is 14.1 Å². The van der Waals surface area contributed by atoms with Crippen molar-refractivity contribution < 1.29 is 22.7 Å². The van der Waals surface area contributed by atoms with Crippen LogP contribution in [0.25, 0.3) is 0 Å². The molecule has 1 aromatic heterocycles. The number of nitrogens with one attached hydrogen (secondary N) is 1. The fraction of sp³-hybridized carbons (Fsp3) is 0.250. The molecule has 0 saturated heterocycles. The van der Waals surface area contributed by atoms with E-state index in [2.05, 4.69) is 10.3 Å². The highest BCUT2D eigenvalue weighted by molar-refractivity contribution is 7.92. The zero-order chi connectivity index (χ0) is 24.0. The lowest BCUT2D eigenvalue weighted by atomic mass is 10.1. The summed E-state index contributed by atoms with van der Waals surface area (Å²) in [7, 11) is -1.20. The van der Waals surface area contributed by atoms with E-state index in [1.807, 2.05) is 26.0 Å². The molecule has 33 heavy (non-hydrogen) atoms. The van der Waals surface area contributed by atoms with E-state index in [9.17, 15) is 13.2 Å². The molecule has 0 radical (unpaired) electrons. The lowest BCUT2D eigenvalue weighted by Crippen LogP contribution is -2.40. The van der Waals surface area contributed by atoms with E-state index in [0.717, 1.165) is 15.4 Å². The van der Waals surface area contributed by atoms with Crippen LogP contribution >= 0.6 is 0 Å². The zero-order valence-electron chi connectivity index (χ0n) is 19.0. The van der Waals surface area contributed by atoms with Gasteiger partial charge in [0.1, 0.15) is 6.54 Å². The van der Waals surface area contributed by atoms with Gasteiger partial charge >= 0.3 is 0 Å². The topological polar surface area (TPSA) is 97.8 Å². The Labute approximate surface area is 194 Å². The molecule has 1 heterocycles. The molecule has 3 aromatic rings. The molecule has 3 rings (SSSR count). The van der Waals surface area contributed by atoms with Crippen molar-refractivity contribution in [2.24, 2.45) is 0 Å². The van der Waals surface area contributed by atoms with Gasteiger partial charge in [0.05, 0.1) is 37.0 Å². The second-order valence-corrected chi connectivity index (χ2v) is 9.33. The van der Waals surface area contributed by atoms with Crippen molar-refractivity contribution in [3.8, 4) is 11.5 Å². The minimum atomic E-state index is -4.10. The van der Waals surface area contributed by atoms with Crippen molar-refractivity contribution in [1.29, 1.82) is 0 Å². The lowest BCUT2D eigenvalue weighted by molar-refractivity contribution is -0.119. The Bertz CT molecular complexity index is 1210. The molecule has 0 fully saturated rings. The van der Waals surface area contributed by atoms with Crippen LogP contribution in [-0.4, -0.2) is 40.1 Å². The standard InChI is InChI=1S/C24H27N3O5S/c1-17-11-18(2)13-20(12-17)27(16-24(28)26-15-19-7-5-6-10-25-19)33(29,30)21-8-9-22(31-3)23(14-21)32-4/h5-14H,15-16H2,1-4H3,(H,26,28). The third kappa shape index (κ3) is 5.81. The first-order chi connectivity index (χ1) is 15.7. The molecule has 0 saturated carbocycles. The van der Waals surface area contributed by atoms with Crippen LogP contribution in [0.3, 0.4) is 0 Å². The summed E-state index contributed by atoms with van der Waals surface area (Å²) in [4.78, 5) is 16.9. The molecule has 0 bridgehead atoms. The number of pyridine rings is 1. The van der Waals surface area contributed by atoms with Crippen LogP contribution < -0.4 is 19.1 Å². The molecular formula is C24H27N3O5S. The molecule has 0 aliphatic heterocycles. The molecule has 1 amide bonds. The van der Waals surface area contributed by atoms with Crippen molar-refractivity contribution in [1.82, 2.24) is 10.3 Å². The summed E-state index contributed by atoms with van der Waals surface area (Å²) >= 11 is 0. The maximum Gasteiger partial charge on any atom is 0.264 e. The summed E-state index contributed by atoms with van der Waals surface area (Å²) in [6.07, 6.45) is 1.63. The third-order valence-electron chi connectivity index (χ3n) is 4.92. The van der Waals surface area contributed by atoms with Crippen LogP contribution in [0.15, 0.2) is 65.7 Å². The molecule has 0 unspecified atom stereocenters. The summed E-state index contributed by atoms with van der Waals surface area (Å²) in [5, 5.41) is 2.74. The van der Waals surface area contributed by atoms with Gasteiger partial charge in [0.15, 0.2) is 11.5 Å². The van der Waals surface area contributed by atoms with Gasteiger partial charge in [-0.2, -0.15) is 0 Å². The number of carbonyl (C=O) groups is 1. The summed E-state index contributed by atoms with van der Waals surface area (Å²) in [5.41, 5.74) is 2.83. The zero-order valence-corrected chi connectivity index (χ0v) is 19.8. The molecule has 1 N–H and O–H groups in total. The predicted molar refractivity (Wildman–Crippen MR) is 126 cm³/mol. The van der Waals surface area contributed by atoms with Crippen LogP contribution in [0.2, 0.25) is 0 Å². The van der Waals surface area contributed by atoms with Gasteiger partial charge in [-0.05, 0) is 61.4 Å². The van der Waals surface area contributed by atoms with Gasteiger partial charge in [0, 0.05) is 12.3 Å². The van der Waals surface area contributed by atoms with Gasteiger partial charge in [-0.15, -0.1) is 0 Å². The summed E-state index contributed by atoms with van der Waals surface area (Å²) < 4.78 is 38.9. The second kappa shape index (κ2) is 10.4. The SMILES string of the molecule is COc1ccc(S(=O)(=O)N(CC(=O)NCc2ccccn2)c2cc(C)cc(C)c2)cc1OC. The minimum Gasteiger partial charge on any atom is -0.493 e. The number of aromatic nitrogens is 1. The maximum absolute atomic E-state index is 13.7. The number of benzene rings is 2. The molecular weight excluding hydrogens is 442 g/mol. The molecule has 8 nitrogen and oxygen atoms in total. The van der Waals surface area contributed by atoms with E-state index < -0.39 is 22.5 Å². The first-order valence-electron chi connectivity index (χ1n) is 10.2. The average Bonchev–Trinajstić information content (AvgIpc) is 2.80. The number of nitrogens with zero attached hydrogens (tertiary/aromatic N) is 2. The van der Waals surface area contributed by atoms with Crippen molar-refractivity contribution in [2.75, 3.05) is 25.1 Å². The molecule has 2 aromatic carbocycles. The lowest BCUT2D eigenvalue weighted by Gasteiger charge is -2.25. The number of sulfonamides is 1. The van der Waals surface area contributed by atoms with E-state index in [-0.39, 0.29) is 17.2 Å². The first-order valence-corrected chi connectivity index (χ1v) is 11.7. The fourth-order valence-corrected chi connectivity index (χ4v) is 4.81. The summed E-state index contributed by atoms with van der Waals surface area (Å²) in [5.74, 6) is 0.227. The van der Waals surface area contributed by atoms with Crippen LogP contribution in [0.1, 0.15) is 16.8 Å². The van der Waals surface area contributed by atoms with Crippen molar-refractivity contribution in [3.05, 3.63) is 77.6 Å². The molecule has 0 aliphatic carbocycles. The fourth-order valence-electron chi connectivity index (χ4n) is 3.39.